The van der Waals surface area contributed by atoms with Crippen molar-refractivity contribution in [2.75, 3.05) is 7.11 Å². The number of pyridine rings is 1. The molecule has 0 spiro atoms. The fraction of sp³-hybridized carbons (Fsp3) is 0.250. The van der Waals surface area contributed by atoms with Crippen molar-refractivity contribution in [3.63, 3.8) is 0 Å². The number of carbonyl (C=O) groups is 1. The lowest BCUT2D eigenvalue weighted by atomic mass is 10.1. The highest BCUT2D eigenvalue weighted by Gasteiger charge is 2.25. The van der Waals surface area contributed by atoms with E-state index in [2.05, 4.69) is 9.72 Å². The van der Waals surface area contributed by atoms with Gasteiger partial charge in [0.1, 0.15) is 0 Å². The lowest BCUT2D eigenvalue weighted by Crippen LogP contribution is -2.08. The van der Waals surface area contributed by atoms with Crippen LogP contribution in [0.25, 0.3) is 0 Å². The summed E-state index contributed by atoms with van der Waals surface area (Å²) in [5.74, 6) is -3.57. The van der Waals surface area contributed by atoms with E-state index in [-0.39, 0.29) is 0 Å². The quantitative estimate of drug-likeness (QED) is 0.791. The summed E-state index contributed by atoms with van der Waals surface area (Å²) in [5, 5.41) is 8.58. The molecule has 1 heterocycles. The molecule has 0 aliphatic heterocycles. The van der Waals surface area contributed by atoms with Gasteiger partial charge in [-0.25, -0.2) is 13.6 Å². The van der Waals surface area contributed by atoms with Gasteiger partial charge in [-0.05, 0) is 0 Å². The number of nitrogens with zero attached hydrogens (tertiary/aromatic N) is 1. The van der Waals surface area contributed by atoms with Crippen molar-refractivity contribution in [2.24, 2.45) is 0 Å². The van der Waals surface area contributed by atoms with Crippen LogP contribution in [0.4, 0.5) is 13.2 Å². The van der Waals surface area contributed by atoms with Crippen LogP contribution in [0.2, 0.25) is 0 Å². The summed E-state index contributed by atoms with van der Waals surface area (Å²) in [5.41, 5.74) is -1.78. The maximum Gasteiger partial charge on any atom is 0.336 e. The molecule has 0 fully saturated rings. The Morgan fingerprint density at radius 3 is 2.60 bits per heavy atom. The average molecular weight is 221 g/mol. The number of halogens is 3. The molecule has 0 unspecified atom stereocenters. The summed E-state index contributed by atoms with van der Waals surface area (Å²) >= 11 is 0. The zero-order chi connectivity index (χ0) is 11.6. The van der Waals surface area contributed by atoms with Crippen LogP contribution >= 0.6 is 0 Å². The molecule has 0 saturated heterocycles. The van der Waals surface area contributed by atoms with Gasteiger partial charge in [0.2, 0.25) is 11.8 Å². The van der Waals surface area contributed by atoms with Gasteiger partial charge in [0.15, 0.2) is 0 Å². The largest absolute Gasteiger partial charge is 0.481 e. The minimum Gasteiger partial charge on any atom is -0.481 e. The van der Waals surface area contributed by atoms with E-state index < -0.39 is 35.3 Å². The highest BCUT2D eigenvalue weighted by molar-refractivity contribution is 5.90. The van der Waals surface area contributed by atoms with E-state index in [9.17, 15) is 18.0 Å². The van der Waals surface area contributed by atoms with Crippen LogP contribution in [-0.4, -0.2) is 23.2 Å². The molecular weight excluding hydrogens is 215 g/mol. The molecule has 1 aromatic heterocycles. The van der Waals surface area contributed by atoms with Gasteiger partial charge >= 0.3 is 5.97 Å². The second-order valence-electron chi connectivity index (χ2n) is 2.52. The summed E-state index contributed by atoms with van der Waals surface area (Å²) in [6.45, 7) is 0. The van der Waals surface area contributed by atoms with Gasteiger partial charge in [-0.3, -0.25) is 0 Å². The van der Waals surface area contributed by atoms with E-state index in [4.69, 9.17) is 5.11 Å². The van der Waals surface area contributed by atoms with Gasteiger partial charge in [-0.2, -0.15) is 9.37 Å². The topological polar surface area (TPSA) is 59.4 Å². The van der Waals surface area contributed by atoms with Gasteiger partial charge < -0.3 is 9.84 Å². The second-order valence-corrected chi connectivity index (χ2v) is 2.52. The summed E-state index contributed by atoms with van der Waals surface area (Å²) in [6, 6.07) is 0.423. The Kier molecular flexibility index (Phi) is 3.13. The first-order valence-electron chi connectivity index (χ1n) is 3.73. The average Bonchev–Trinajstić information content (AvgIpc) is 2.15. The van der Waals surface area contributed by atoms with Crippen LogP contribution in [0, 0.1) is 5.95 Å². The zero-order valence-electron chi connectivity index (χ0n) is 7.50. The van der Waals surface area contributed by atoms with Crippen molar-refractivity contribution in [2.45, 2.75) is 6.43 Å². The second kappa shape index (κ2) is 4.16. The van der Waals surface area contributed by atoms with Crippen LogP contribution in [0.15, 0.2) is 6.07 Å². The van der Waals surface area contributed by atoms with Crippen molar-refractivity contribution >= 4 is 5.97 Å². The van der Waals surface area contributed by atoms with Crippen molar-refractivity contribution in [3.05, 3.63) is 23.1 Å². The Balaban J connectivity index is 3.47. The molecule has 4 nitrogen and oxygen atoms in total. The first-order chi connectivity index (χ1) is 6.97. The zero-order valence-corrected chi connectivity index (χ0v) is 7.50. The number of carboxylic acid groups (broad SMARTS) is 1. The van der Waals surface area contributed by atoms with Crippen molar-refractivity contribution in [3.8, 4) is 5.88 Å². The molecule has 1 N–H and O–H groups in total. The monoisotopic (exact) mass is 221 g/mol. The van der Waals surface area contributed by atoms with Crippen LogP contribution in [-0.2, 0) is 0 Å². The lowest BCUT2D eigenvalue weighted by Gasteiger charge is -2.09. The number of alkyl halides is 2. The number of carboxylic acids is 1. The Labute approximate surface area is 82.3 Å². The van der Waals surface area contributed by atoms with E-state index in [1.807, 2.05) is 0 Å². The Morgan fingerprint density at radius 1 is 1.60 bits per heavy atom. The third kappa shape index (κ3) is 2.17. The van der Waals surface area contributed by atoms with Crippen molar-refractivity contribution < 1.29 is 27.8 Å². The van der Waals surface area contributed by atoms with Crippen LogP contribution in [0.5, 0.6) is 5.88 Å². The molecule has 0 saturated carbocycles. The number of ether oxygens (including phenoxy) is 1. The SMILES string of the molecule is COc1nc(F)cc(C(=O)O)c1C(F)F. The predicted octanol–water partition coefficient (Wildman–Crippen LogP) is 1.87. The van der Waals surface area contributed by atoms with Gasteiger partial charge in [-0.1, -0.05) is 0 Å². The molecule has 0 radical (unpaired) electrons. The third-order valence-corrected chi connectivity index (χ3v) is 1.63. The minimum atomic E-state index is -3.10. The predicted molar refractivity (Wildman–Crippen MR) is 42.7 cm³/mol. The molecule has 0 aliphatic carbocycles. The molecule has 0 bridgehead atoms. The van der Waals surface area contributed by atoms with Crippen LogP contribution in [0.1, 0.15) is 22.3 Å². The van der Waals surface area contributed by atoms with E-state index in [0.717, 1.165) is 7.11 Å². The Morgan fingerprint density at radius 2 is 2.20 bits per heavy atom. The maximum atomic E-state index is 12.7. The number of hydrogen-bond acceptors (Lipinski definition) is 3. The Hall–Kier alpha value is -1.79. The van der Waals surface area contributed by atoms with Gasteiger partial charge in [-0.15, -0.1) is 0 Å². The molecule has 15 heavy (non-hydrogen) atoms. The first-order valence-corrected chi connectivity index (χ1v) is 3.73. The molecule has 1 aromatic rings. The smallest absolute Gasteiger partial charge is 0.336 e. The summed E-state index contributed by atoms with van der Waals surface area (Å²) in [6.07, 6.45) is -3.10. The van der Waals surface area contributed by atoms with E-state index in [1.165, 1.54) is 0 Å². The first kappa shape index (κ1) is 11.3. The number of hydrogen-bond donors (Lipinski definition) is 1. The van der Waals surface area contributed by atoms with Crippen molar-refractivity contribution in [1.29, 1.82) is 0 Å². The third-order valence-electron chi connectivity index (χ3n) is 1.63. The van der Waals surface area contributed by atoms with Crippen LogP contribution < -0.4 is 4.74 Å². The number of aromatic nitrogens is 1. The molecular formula is C8H6F3NO3. The maximum absolute atomic E-state index is 12.7. The number of rotatable bonds is 3. The fourth-order valence-electron chi connectivity index (χ4n) is 1.04. The summed E-state index contributed by atoms with van der Waals surface area (Å²) < 4.78 is 42.0. The normalized spacial score (nSPS) is 10.5. The number of methoxy groups -OCH3 is 1. The standard InChI is InChI=1S/C8H6F3NO3/c1-15-7-5(6(10)11)3(8(13)14)2-4(9)12-7/h2,6H,1H3,(H,13,14). The molecule has 1 rings (SSSR count). The molecule has 0 aliphatic rings. The van der Waals surface area contributed by atoms with Crippen LogP contribution in [0.3, 0.4) is 0 Å². The summed E-state index contributed by atoms with van der Waals surface area (Å²) in [4.78, 5) is 13.6. The van der Waals surface area contributed by atoms with Gasteiger partial charge in [0.25, 0.3) is 6.43 Å². The van der Waals surface area contributed by atoms with Crippen molar-refractivity contribution in [1.82, 2.24) is 4.98 Å². The minimum absolute atomic E-state index is 0.423. The molecule has 82 valence electrons. The van der Waals surface area contributed by atoms with E-state index >= 15 is 0 Å². The highest BCUT2D eigenvalue weighted by atomic mass is 19.3. The van der Waals surface area contributed by atoms with E-state index in [0.29, 0.717) is 6.07 Å². The van der Waals surface area contributed by atoms with E-state index in [1.54, 1.807) is 0 Å². The lowest BCUT2D eigenvalue weighted by molar-refractivity contribution is 0.0681. The molecule has 0 atom stereocenters. The van der Waals surface area contributed by atoms with Gasteiger partial charge in [0, 0.05) is 6.07 Å². The number of aromatic carboxylic acids is 1. The highest BCUT2D eigenvalue weighted by Crippen LogP contribution is 2.30. The molecule has 0 aromatic carbocycles. The Bertz CT molecular complexity index is 395. The summed E-state index contributed by atoms with van der Waals surface area (Å²) in [7, 11) is 0.999. The van der Waals surface area contributed by atoms with Gasteiger partial charge in [0.05, 0.1) is 18.2 Å². The molecule has 0 amide bonds. The fourth-order valence-corrected chi connectivity index (χ4v) is 1.04. The molecule has 7 heteroatoms.